The lowest BCUT2D eigenvalue weighted by atomic mass is 9.85. The molecule has 0 saturated carbocycles. The van der Waals surface area contributed by atoms with E-state index in [9.17, 15) is 8.42 Å². The largest absolute Gasteiger partial charge is 0.497 e. The Morgan fingerprint density at radius 3 is 2.26 bits per heavy atom. The average Bonchev–Trinajstić information content (AvgIpc) is 2.53. The lowest BCUT2D eigenvalue weighted by molar-refractivity contribution is 0.414. The maximum atomic E-state index is 12.4. The van der Waals surface area contributed by atoms with Gasteiger partial charge in [0.1, 0.15) is 10.6 Å². The Balaban J connectivity index is 2.16. The molecule has 1 N–H and O–H groups in total. The number of ether oxygens (including phenoxy) is 1. The van der Waals surface area contributed by atoms with Crippen LogP contribution in [-0.2, 0) is 15.4 Å². The molecule has 0 atom stereocenters. The summed E-state index contributed by atoms with van der Waals surface area (Å²) in [6.45, 7) is 4.21. The quantitative estimate of drug-likeness (QED) is 0.863. The summed E-state index contributed by atoms with van der Waals surface area (Å²) in [6.07, 6.45) is 0. The van der Waals surface area contributed by atoms with Gasteiger partial charge in [0.25, 0.3) is 0 Å². The lowest BCUT2D eigenvalue weighted by Crippen LogP contribution is -2.36. The molecular formula is C17H20ClNO3S. The first-order chi connectivity index (χ1) is 10.8. The highest BCUT2D eigenvalue weighted by Crippen LogP contribution is 2.26. The highest BCUT2D eigenvalue weighted by molar-refractivity contribution is 7.89. The second kappa shape index (κ2) is 6.91. The van der Waals surface area contributed by atoms with Crippen LogP contribution in [-0.4, -0.2) is 22.1 Å². The van der Waals surface area contributed by atoms with Crippen LogP contribution in [0.4, 0.5) is 0 Å². The summed E-state index contributed by atoms with van der Waals surface area (Å²) in [7, 11) is -2.04. The van der Waals surface area contributed by atoms with Crippen LogP contribution in [0.1, 0.15) is 19.4 Å². The molecule has 6 heteroatoms. The van der Waals surface area contributed by atoms with Crippen molar-refractivity contribution in [1.29, 1.82) is 0 Å². The van der Waals surface area contributed by atoms with E-state index < -0.39 is 10.0 Å². The first-order valence-electron chi connectivity index (χ1n) is 7.15. The van der Waals surface area contributed by atoms with Crippen molar-refractivity contribution >= 4 is 21.6 Å². The van der Waals surface area contributed by atoms with Crippen molar-refractivity contribution in [3.05, 3.63) is 59.1 Å². The topological polar surface area (TPSA) is 55.4 Å². The molecule has 0 unspecified atom stereocenters. The van der Waals surface area contributed by atoms with Gasteiger partial charge in [0, 0.05) is 12.0 Å². The van der Waals surface area contributed by atoms with Gasteiger partial charge in [-0.25, -0.2) is 13.1 Å². The summed E-state index contributed by atoms with van der Waals surface area (Å²) < 4.78 is 32.6. The monoisotopic (exact) mass is 353 g/mol. The summed E-state index contributed by atoms with van der Waals surface area (Å²) in [5, 5.41) is 0.210. The van der Waals surface area contributed by atoms with Crippen LogP contribution >= 0.6 is 11.6 Å². The molecule has 0 aliphatic heterocycles. The summed E-state index contributed by atoms with van der Waals surface area (Å²) in [5.74, 6) is 0.765. The van der Waals surface area contributed by atoms with Crippen molar-refractivity contribution in [2.45, 2.75) is 24.2 Å². The number of sulfonamides is 1. The molecule has 0 amide bonds. The van der Waals surface area contributed by atoms with Gasteiger partial charge < -0.3 is 4.74 Å². The number of rotatable bonds is 6. The van der Waals surface area contributed by atoms with Gasteiger partial charge >= 0.3 is 0 Å². The van der Waals surface area contributed by atoms with E-state index >= 15 is 0 Å². The maximum Gasteiger partial charge on any atom is 0.242 e. The fourth-order valence-electron chi connectivity index (χ4n) is 2.16. The highest BCUT2D eigenvalue weighted by Gasteiger charge is 2.25. The minimum atomic E-state index is -3.65. The standard InChI is InChI=1S/C17H20ClNO3S/c1-17(2,13-8-10-14(22-3)11-9-13)12-19-23(20,21)16-7-5-4-6-15(16)18/h4-11,19H,12H2,1-3H3. The molecule has 0 bridgehead atoms. The van der Waals surface area contributed by atoms with E-state index in [1.807, 2.05) is 38.1 Å². The van der Waals surface area contributed by atoms with E-state index in [1.165, 1.54) is 6.07 Å². The zero-order chi connectivity index (χ0) is 17.1. The van der Waals surface area contributed by atoms with Crippen molar-refractivity contribution in [1.82, 2.24) is 4.72 Å². The number of benzene rings is 2. The predicted molar refractivity (Wildman–Crippen MR) is 92.7 cm³/mol. The third-order valence-corrected chi connectivity index (χ3v) is 5.60. The number of nitrogens with one attached hydrogen (secondary N) is 1. The van der Waals surface area contributed by atoms with E-state index in [1.54, 1.807) is 25.3 Å². The van der Waals surface area contributed by atoms with E-state index in [2.05, 4.69) is 4.72 Å². The molecule has 124 valence electrons. The summed E-state index contributed by atoms with van der Waals surface area (Å²) in [5.41, 5.74) is 0.640. The molecule has 23 heavy (non-hydrogen) atoms. The molecule has 2 aromatic carbocycles. The van der Waals surface area contributed by atoms with E-state index in [-0.39, 0.29) is 21.9 Å². The minimum Gasteiger partial charge on any atom is -0.497 e. The van der Waals surface area contributed by atoms with Gasteiger partial charge in [0.15, 0.2) is 0 Å². The predicted octanol–water partition coefficient (Wildman–Crippen LogP) is 3.60. The normalized spacial score (nSPS) is 12.2. The van der Waals surface area contributed by atoms with E-state index in [0.29, 0.717) is 0 Å². The van der Waals surface area contributed by atoms with Gasteiger partial charge in [-0.05, 0) is 29.8 Å². The first-order valence-corrected chi connectivity index (χ1v) is 9.01. The van der Waals surface area contributed by atoms with Crippen LogP contribution in [0.2, 0.25) is 5.02 Å². The SMILES string of the molecule is COc1ccc(C(C)(C)CNS(=O)(=O)c2ccccc2Cl)cc1. The molecule has 0 saturated heterocycles. The molecule has 2 rings (SSSR count). The number of methoxy groups -OCH3 is 1. The van der Waals surface area contributed by atoms with Crippen LogP contribution in [0.25, 0.3) is 0 Å². The molecule has 0 heterocycles. The van der Waals surface area contributed by atoms with Crippen LogP contribution < -0.4 is 9.46 Å². The van der Waals surface area contributed by atoms with Crippen LogP contribution in [0, 0.1) is 0 Å². The zero-order valence-electron chi connectivity index (χ0n) is 13.3. The molecule has 0 aliphatic carbocycles. The Morgan fingerprint density at radius 2 is 1.70 bits per heavy atom. The molecule has 0 aliphatic rings. The van der Waals surface area contributed by atoms with Crippen molar-refractivity contribution < 1.29 is 13.2 Å². The molecule has 0 aromatic heterocycles. The molecule has 2 aromatic rings. The van der Waals surface area contributed by atoms with Gasteiger partial charge in [-0.2, -0.15) is 0 Å². The summed E-state index contributed by atoms with van der Waals surface area (Å²) in [4.78, 5) is 0.0900. The van der Waals surface area contributed by atoms with E-state index in [0.717, 1.165) is 11.3 Å². The Labute approximate surface area is 142 Å². The van der Waals surface area contributed by atoms with Gasteiger partial charge in [-0.1, -0.05) is 49.7 Å². The Kier molecular flexibility index (Phi) is 5.34. The van der Waals surface area contributed by atoms with Crippen molar-refractivity contribution in [3.8, 4) is 5.75 Å². The fraction of sp³-hybridized carbons (Fsp3) is 0.294. The molecule has 4 nitrogen and oxygen atoms in total. The highest BCUT2D eigenvalue weighted by atomic mass is 35.5. The van der Waals surface area contributed by atoms with Crippen LogP contribution in [0.15, 0.2) is 53.4 Å². The number of hydrogen-bond donors (Lipinski definition) is 1. The third-order valence-electron chi connectivity index (χ3n) is 3.70. The van der Waals surface area contributed by atoms with Gasteiger partial charge in [0.2, 0.25) is 10.0 Å². The van der Waals surface area contributed by atoms with Gasteiger partial charge in [-0.15, -0.1) is 0 Å². The summed E-state index contributed by atoms with van der Waals surface area (Å²) >= 11 is 5.98. The molecular weight excluding hydrogens is 334 g/mol. The van der Waals surface area contributed by atoms with Crippen molar-refractivity contribution in [3.63, 3.8) is 0 Å². The van der Waals surface area contributed by atoms with Crippen LogP contribution in [0.5, 0.6) is 5.75 Å². The Bertz CT molecular complexity index is 771. The minimum absolute atomic E-state index is 0.0900. The van der Waals surface area contributed by atoms with Crippen molar-refractivity contribution in [2.75, 3.05) is 13.7 Å². The fourth-order valence-corrected chi connectivity index (χ4v) is 3.89. The smallest absolute Gasteiger partial charge is 0.242 e. The van der Waals surface area contributed by atoms with Gasteiger partial charge in [0.05, 0.1) is 12.1 Å². The second-order valence-corrected chi connectivity index (χ2v) is 8.01. The van der Waals surface area contributed by atoms with E-state index in [4.69, 9.17) is 16.3 Å². The van der Waals surface area contributed by atoms with Crippen molar-refractivity contribution in [2.24, 2.45) is 0 Å². The molecule has 0 spiro atoms. The first kappa shape index (κ1) is 17.8. The number of hydrogen-bond acceptors (Lipinski definition) is 3. The third kappa shape index (κ3) is 4.25. The average molecular weight is 354 g/mol. The molecule has 0 radical (unpaired) electrons. The number of halogens is 1. The van der Waals surface area contributed by atoms with Gasteiger partial charge in [-0.3, -0.25) is 0 Å². The maximum absolute atomic E-state index is 12.4. The zero-order valence-corrected chi connectivity index (χ0v) is 14.9. The Morgan fingerprint density at radius 1 is 1.09 bits per heavy atom. The van der Waals surface area contributed by atoms with Crippen LogP contribution in [0.3, 0.4) is 0 Å². The molecule has 0 fully saturated rings. The summed E-state index contributed by atoms with van der Waals surface area (Å²) in [6, 6.07) is 14.0. The lowest BCUT2D eigenvalue weighted by Gasteiger charge is -2.26. The Hall–Kier alpha value is -1.56. The second-order valence-electron chi connectivity index (χ2n) is 5.87.